The van der Waals surface area contributed by atoms with Crippen molar-refractivity contribution in [3.8, 4) is 0 Å². The number of benzene rings is 3. The summed E-state index contributed by atoms with van der Waals surface area (Å²) in [6.07, 6.45) is 2.54. The van der Waals surface area contributed by atoms with Gasteiger partial charge in [-0.1, -0.05) is 85.2 Å². The zero-order chi connectivity index (χ0) is 23.3. The molecule has 2 amide bonds. The third kappa shape index (κ3) is 4.59. The summed E-state index contributed by atoms with van der Waals surface area (Å²) in [5.41, 5.74) is 3.59. The Morgan fingerprint density at radius 2 is 1.61 bits per heavy atom. The highest BCUT2D eigenvalue weighted by atomic mass is 16.2. The van der Waals surface area contributed by atoms with E-state index in [-0.39, 0.29) is 11.8 Å². The molecule has 1 aliphatic rings. The molecule has 2 radical (unpaired) electrons. The molecule has 0 saturated carbocycles. The summed E-state index contributed by atoms with van der Waals surface area (Å²) in [7, 11) is 5.97. The summed E-state index contributed by atoms with van der Waals surface area (Å²) in [6.45, 7) is 3.07. The maximum absolute atomic E-state index is 13.9. The molecule has 5 heteroatoms. The Labute approximate surface area is 197 Å². The molecule has 0 bridgehead atoms. The van der Waals surface area contributed by atoms with Crippen molar-refractivity contribution < 1.29 is 9.59 Å². The standard InChI is InChI=1S/C28H29BN2O2/c1-2-19-30-27(33)28(22-9-4-3-5-10-22,23-13-15-24(29)16-14-23)18-20-31-25-11-7-6-8-21(25)12-17-26(31)32/h3-11,13-16H,2,12,17-20H2,1H3,(H,30,33). The first-order chi connectivity index (χ1) is 16.1. The van der Waals surface area contributed by atoms with Crippen LogP contribution in [0.3, 0.4) is 0 Å². The number of nitrogens with zero attached hydrogens (tertiary/aromatic N) is 1. The highest BCUT2D eigenvalue weighted by Gasteiger charge is 2.42. The molecular weight excluding hydrogens is 407 g/mol. The number of amides is 2. The van der Waals surface area contributed by atoms with Gasteiger partial charge in [0.2, 0.25) is 11.8 Å². The Kier molecular flexibility index (Phi) is 6.97. The van der Waals surface area contributed by atoms with Gasteiger partial charge in [-0.25, -0.2) is 0 Å². The molecular formula is C28H29BN2O2. The Balaban J connectivity index is 1.79. The van der Waals surface area contributed by atoms with Gasteiger partial charge in [-0.2, -0.15) is 0 Å². The van der Waals surface area contributed by atoms with E-state index in [0.29, 0.717) is 31.4 Å². The Morgan fingerprint density at radius 3 is 2.33 bits per heavy atom. The fourth-order valence-corrected chi connectivity index (χ4v) is 4.73. The van der Waals surface area contributed by atoms with Crippen LogP contribution in [-0.4, -0.2) is 32.8 Å². The van der Waals surface area contributed by atoms with E-state index in [1.54, 1.807) is 0 Å². The SMILES string of the molecule is [B]c1ccc(C(CCN2C(=O)CCc3ccccc32)(C(=O)NCCC)c2ccccc2)cc1. The monoisotopic (exact) mass is 436 g/mol. The topological polar surface area (TPSA) is 49.4 Å². The second kappa shape index (κ2) is 10.1. The summed E-state index contributed by atoms with van der Waals surface area (Å²) in [5.74, 6) is 0.0417. The summed E-state index contributed by atoms with van der Waals surface area (Å²) < 4.78 is 0. The van der Waals surface area contributed by atoms with Crippen molar-refractivity contribution in [2.45, 2.75) is 38.0 Å². The van der Waals surface area contributed by atoms with Gasteiger partial charge in [-0.05, 0) is 42.0 Å². The van der Waals surface area contributed by atoms with E-state index in [2.05, 4.69) is 11.4 Å². The Bertz CT molecular complexity index is 1110. The van der Waals surface area contributed by atoms with E-state index in [4.69, 9.17) is 7.85 Å². The average molecular weight is 436 g/mol. The van der Waals surface area contributed by atoms with Crippen molar-refractivity contribution in [3.63, 3.8) is 0 Å². The molecule has 0 aliphatic carbocycles. The molecule has 4 rings (SSSR count). The van der Waals surface area contributed by atoms with Gasteiger partial charge < -0.3 is 10.2 Å². The highest BCUT2D eigenvalue weighted by Crippen LogP contribution is 2.38. The molecule has 1 aliphatic heterocycles. The molecule has 1 N–H and O–H groups in total. The lowest BCUT2D eigenvalue weighted by Crippen LogP contribution is -2.48. The first-order valence-electron chi connectivity index (χ1n) is 11.6. The number of carbonyl (C=O) groups excluding carboxylic acids is 2. The number of hydrogen-bond donors (Lipinski definition) is 1. The molecule has 3 aromatic rings. The summed E-state index contributed by atoms with van der Waals surface area (Å²) in [6, 6.07) is 25.4. The molecule has 0 spiro atoms. The average Bonchev–Trinajstić information content (AvgIpc) is 2.85. The molecule has 0 saturated heterocycles. The number of anilines is 1. The number of fused-ring (bicyclic) bond motifs is 1. The lowest BCUT2D eigenvalue weighted by Gasteiger charge is -2.37. The third-order valence-corrected chi connectivity index (χ3v) is 6.50. The van der Waals surface area contributed by atoms with E-state index in [1.807, 2.05) is 84.6 Å². The first-order valence-corrected chi connectivity index (χ1v) is 11.6. The highest BCUT2D eigenvalue weighted by molar-refractivity contribution is 6.32. The van der Waals surface area contributed by atoms with Gasteiger partial charge in [0.05, 0.1) is 0 Å². The van der Waals surface area contributed by atoms with Crippen LogP contribution >= 0.6 is 0 Å². The number of rotatable bonds is 8. The van der Waals surface area contributed by atoms with Gasteiger partial charge >= 0.3 is 0 Å². The number of nitrogens with one attached hydrogen (secondary N) is 1. The molecule has 0 fully saturated rings. The quantitative estimate of drug-likeness (QED) is 0.548. The van der Waals surface area contributed by atoms with Crippen molar-refractivity contribution in [3.05, 3.63) is 95.6 Å². The lowest BCUT2D eigenvalue weighted by atomic mass is 9.70. The van der Waals surface area contributed by atoms with E-state index in [0.717, 1.165) is 29.7 Å². The molecule has 1 unspecified atom stereocenters. The minimum Gasteiger partial charge on any atom is -0.355 e. The van der Waals surface area contributed by atoms with Crippen LogP contribution in [0.5, 0.6) is 0 Å². The summed E-state index contributed by atoms with van der Waals surface area (Å²) in [4.78, 5) is 28.7. The van der Waals surface area contributed by atoms with Crippen LogP contribution in [0, 0.1) is 0 Å². The van der Waals surface area contributed by atoms with E-state index in [9.17, 15) is 9.59 Å². The maximum Gasteiger partial charge on any atom is 0.235 e. The van der Waals surface area contributed by atoms with Crippen LogP contribution in [0.25, 0.3) is 0 Å². The van der Waals surface area contributed by atoms with Gasteiger partial charge in [0.25, 0.3) is 0 Å². The van der Waals surface area contributed by atoms with E-state index in [1.165, 1.54) is 5.56 Å². The van der Waals surface area contributed by atoms with E-state index >= 15 is 0 Å². The van der Waals surface area contributed by atoms with Crippen LogP contribution in [0.2, 0.25) is 0 Å². The maximum atomic E-state index is 13.9. The summed E-state index contributed by atoms with van der Waals surface area (Å²) >= 11 is 0. The molecule has 3 aromatic carbocycles. The third-order valence-electron chi connectivity index (χ3n) is 6.50. The van der Waals surface area contributed by atoms with Crippen LogP contribution < -0.4 is 15.7 Å². The lowest BCUT2D eigenvalue weighted by molar-refractivity contribution is -0.126. The number of aryl methyl sites for hydroxylation is 1. The predicted octanol–water partition coefficient (Wildman–Crippen LogP) is 3.66. The zero-order valence-corrected chi connectivity index (χ0v) is 19.1. The van der Waals surface area contributed by atoms with Crippen molar-refractivity contribution in [2.75, 3.05) is 18.0 Å². The fraction of sp³-hybridized carbons (Fsp3) is 0.286. The number of para-hydroxylation sites is 1. The van der Waals surface area contributed by atoms with Gasteiger partial charge in [-0.3, -0.25) is 9.59 Å². The molecule has 1 heterocycles. The zero-order valence-electron chi connectivity index (χ0n) is 19.1. The van der Waals surface area contributed by atoms with Crippen molar-refractivity contribution >= 4 is 30.8 Å². The van der Waals surface area contributed by atoms with Crippen molar-refractivity contribution in [1.82, 2.24) is 5.32 Å². The van der Waals surface area contributed by atoms with Crippen LogP contribution in [0.15, 0.2) is 78.9 Å². The normalized spacial score (nSPS) is 14.9. The summed E-state index contributed by atoms with van der Waals surface area (Å²) in [5, 5.41) is 3.13. The fourth-order valence-electron chi connectivity index (χ4n) is 4.73. The minimum atomic E-state index is -0.948. The van der Waals surface area contributed by atoms with Gasteiger partial charge in [-0.15, -0.1) is 0 Å². The Hall–Kier alpha value is -3.34. The van der Waals surface area contributed by atoms with Crippen LogP contribution in [-0.2, 0) is 21.4 Å². The largest absolute Gasteiger partial charge is 0.355 e. The first kappa shape index (κ1) is 22.8. The minimum absolute atomic E-state index is 0.0573. The van der Waals surface area contributed by atoms with E-state index < -0.39 is 5.41 Å². The van der Waals surface area contributed by atoms with Crippen LogP contribution in [0.4, 0.5) is 5.69 Å². The molecule has 166 valence electrons. The molecule has 33 heavy (non-hydrogen) atoms. The number of hydrogen-bond acceptors (Lipinski definition) is 2. The van der Waals surface area contributed by atoms with Crippen molar-refractivity contribution in [1.29, 1.82) is 0 Å². The van der Waals surface area contributed by atoms with Crippen molar-refractivity contribution in [2.24, 2.45) is 0 Å². The smallest absolute Gasteiger partial charge is 0.235 e. The second-order valence-corrected chi connectivity index (χ2v) is 8.57. The Morgan fingerprint density at radius 1 is 0.939 bits per heavy atom. The molecule has 4 nitrogen and oxygen atoms in total. The van der Waals surface area contributed by atoms with Gasteiger partial charge in [0.1, 0.15) is 13.3 Å². The van der Waals surface area contributed by atoms with Crippen LogP contribution in [0.1, 0.15) is 42.9 Å². The van der Waals surface area contributed by atoms with Gasteiger partial charge in [0, 0.05) is 25.2 Å². The van der Waals surface area contributed by atoms with Gasteiger partial charge in [0.15, 0.2) is 0 Å². The molecule has 1 atom stereocenters. The predicted molar refractivity (Wildman–Crippen MR) is 134 cm³/mol. The molecule has 0 aromatic heterocycles. The number of carbonyl (C=O) groups is 2. The second-order valence-electron chi connectivity index (χ2n) is 8.57.